The van der Waals surface area contributed by atoms with Crippen LogP contribution >= 0.6 is 11.8 Å². The monoisotopic (exact) mass is 367 g/mol. The van der Waals surface area contributed by atoms with Crippen LogP contribution in [0.2, 0.25) is 0 Å². The Morgan fingerprint density at radius 1 is 1.19 bits per heavy atom. The van der Waals surface area contributed by atoms with Gasteiger partial charge in [0.05, 0.1) is 6.61 Å². The summed E-state index contributed by atoms with van der Waals surface area (Å²) < 4.78 is 6.16. The molecular weight excluding hydrogens is 342 g/mol. The molecular formula is C22H25NO2S. The number of ether oxygens (including phenoxy) is 1. The molecule has 26 heavy (non-hydrogen) atoms. The molecule has 4 heteroatoms. The average molecular weight is 368 g/mol. The maximum atomic E-state index is 11.6. The molecule has 136 valence electrons. The molecule has 1 fully saturated rings. The van der Waals surface area contributed by atoms with E-state index in [1.165, 1.54) is 17.7 Å². The Hall–Kier alpha value is -2.20. The van der Waals surface area contributed by atoms with Gasteiger partial charge in [0, 0.05) is 41.9 Å². The first kappa shape index (κ1) is 18.6. The lowest BCUT2D eigenvalue weighted by Gasteiger charge is -2.19. The van der Waals surface area contributed by atoms with Gasteiger partial charge in [0.1, 0.15) is 5.75 Å². The number of hydrogen-bond donors (Lipinski definition) is 0. The van der Waals surface area contributed by atoms with Crippen LogP contribution in [-0.4, -0.2) is 38.1 Å². The maximum absolute atomic E-state index is 11.6. The van der Waals surface area contributed by atoms with Crippen LogP contribution in [0.3, 0.4) is 0 Å². The van der Waals surface area contributed by atoms with Gasteiger partial charge >= 0.3 is 0 Å². The zero-order chi connectivity index (χ0) is 18.5. The third-order valence-electron chi connectivity index (χ3n) is 4.41. The Morgan fingerprint density at radius 3 is 2.62 bits per heavy atom. The zero-order valence-electron chi connectivity index (χ0n) is 15.6. The van der Waals surface area contributed by atoms with Crippen molar-refractivity contribution in [1.29, 1.82) is 0 Å². The summed E-state index contributed by atoms with van der Waals surface area (Å²) in [7, 11) is 3.99. The van der Waals surface area contributed by atoms with E-state index in [1.807, 2.05) is 43.3 Å². The van der Waals surface area contributed by atoms with Crippen molar-refractivity contribution in [3.8, 4) is 5.75 Å². The molecule has 0 spiro atoms. The second kappa shape index (κ2) is 8.45. The predicted octanol–water partition coefficient (Wildman–Crippen LogP) is 4.96. The summed E-state index contributed by atoms with van der Waals surface area (Å²) in [6.45, 7) is 0.760. The fourth-order valence-corrected chi connectivity index (χ4v) is 3.29. The Labute approximate surface area is 160 Å². The molecule has 1 aliphatic rings. The van der Waals surface area contributed by atoms with Crippen LogP contribution in [-0.2, 0) is 0 Å². The molecule has 0 heterocycles. The van der Waals surface area contributed by atoms with Gasteiger partial charge in [0.25, 0.3) is 0 Å². The van der Waals surface area contributed by atoms with E-state index < -0.39 is 0 Å². The third kappa shape index (κ3) is 4.50. The second-order valence-corrected chi connectivity index (χ2v) is 7.71. The van der Waals surface area contributed by atoms with Gasteiger partial charge in [0.15, 0.2) is 6.29 Å². The molecule has 2 aromatic carbocycles. The lowest BCUT2D eigenvalue weighted by molar-refractivity contribution is 0.112. The minimum absolute atomic E-state index is 0.684. The maximum Gasteiger partial charge on any atom is 0.150 e. The molecule has 1 saturated carbocycles. The number of thioether (sulfide) groups is 1. The second-order valence-electron chi connectivity index (χ2n) is 6.83. The molecule has 0 radical (unpaired) electrons. The first-order valence-corrected chi connectivity index (χ1v) is 10.1. The van der Waals surface area contributed by atoms with Crippen LogP contribution in [0.25, 0.3) is 5.57 Å². The van der Waals surface area contributed by atoms with Crippen molar-refractivity contribution in [2.75, 3.05) is 27.0 Å². The van der Waals surface area contributed by atoms with Gasteiger partial charge in [-0.2, -0.15) is 0 Å². The number of rotatable bonds is 8. The number of hydrogen-bond acceptors (Lipinski definition) is 4. The first-order chi connectivity index (χ1) is 12.6. The lowest BCUT2D eigenvalue weighted by atomic mass is 9.94. The molecule has 3 rings (SSSR count). The molecule has 0 unspecified atom stereocenters. The molecule has 0 N–H and O–H groups in total. The standard InChI is InChI=1S/C22H25NO2S/c1-23(2)13-21(19-7-5-4-6-17(19)14-24)20-12-18(26-3)10-11-22(20)25-15-16-8-9-16/h4-7,10-14,16H,8-9,15H2,1-3H3/b21-13+. The summed E-state index contributed by atoms with van der Waals surface area (Å²) in [5.41, 5.74) is 3.63. The summed E-state index contributed by atoms with van der Waals surface area (Å²) in [4.78, 5) is 14.8. The molecule has 0 amide bonds. The number of carbonyl (C=O) groups is 1. The fraction of sp³-hybridized carbons (Fsp3) is 0.318. The van der Waals surface area contributed by atoms with Gasteiger partial charge in [0.2, 0.25) is 0 Å². The topological polar surface area (TPSA) is 29.5 Å². The van der Waals surface area contributed by atoms with Crippen LogP contribution < -0.4 is 4.74 Å². The number of benzene rings is 2. The highest BCUT2D eigenvalue weighted by Crippen LogP contribution is 2.37. The molecule has 0 atom stereocenters. The molecule has 2 aromatic rings. The lowest BCUT2D eigenvalue weighted by Crippen LogP contribution is -2.07. The van der Waals surface area contributed by atoms with Gasteiger partial charge < -0.3 is 9.64 Å². The van der Waals surface area contributed by atoms with Crippen LogP contribution in [0.1, 0.15) is 34.3 Å². The highest BCUT2D eigenvalue weighted by molar-refractivity contribution is 7.98. The van der Waals surface area contributed by atoms with Crippen LogP contribution in [0.15, 0.2) is 53.6 Å². The van der Waals surface area contributed by atoms with Crippen molar-refractivity contribution < 1.29 is 9.53 Å². The minimum atomic E-state index is 0.684. The van der Waals surface area contributed by atoms with Crippen molar-refractivity contribution in [3.63, 3.8) is 0 Å². The number of nitrogens with zero attached hydrogens (tertiary/aromatic N) is 1. The van der Waals surface area contributed by atoms with Gasteiger partial charge in [-0.05, 0) is 48.8 Å². The number of aldehydes is 1. The Morgan fingerprint density at radius 2 is 1.96 bits per heavy atom. The normalized spacial score (nSPS) is 14.2. The minimum Gasteiger partial charge on any atom is -0.493 e. The van der Waals surface area contributed by atoms with Crippen molar-refractivity contribution in [3.05, 3.63) is 65.4 Å². The first-order valence-electron chi connectivity index (χ1n) is 8.86. The van der Waals surface area contributed by atoms with Gasteiger partial charge in [-0.1, -0.05) is 24.3 Å². The quantitative estimate of drug-likeness (QED) is 0.487. The third-order valence-corrected chi connectivity index (χ3v) is 5.14. The Bertz CT molecular complexity index is 810. The van der Waals surface area contributed by atoms with E-state index in [2.05, 4.69) is 30.7 Å². The molecule has 1 aliphatic carbocycles. The fourth-order valence-electron chi connectivity index (χ4n) is 2.85. The van der Waals surface area contributed by atoms with Gasteiger partial charge in [-0.15, -0.1) is 11.8 Å². The summed E-state index contributed by atoms with van der Waals surface area (Å²) >= 11 is 1.70. The summed E-state index contributed by atoms with van der Waals surface area (Å²) in [6, 6.07) is 14.0. The summed E-state index contributed by atoms with van der Waals surface area (Å²) in [6.07, 6.45) is 7.56. The van der Waals surface area contributed by atoms with E-state index in [4.69, 9.17) is 4.74 Å². The summed E-state index contributed by atoms with van der Waals surface area (Å²) in [5, 5.41) is 0. The molecule has 0 bridgehead atoms. The zero-order valence-corrected chi connectivity index (χ0v) is 16.4. The van der Waals surface area contributed by atoms with Crippen molar-refractivity contribution in [1.82, 2.24) is 4.90 Å². The largest absolute Gasteiger partial charge is 0.493 e. The van der Waals surface area contributed by atoms with Crippen molar-refractivity contribution in [2.24, 2.45) is 5.92 Å². The van der Waals surface area contributed by atoms with Gasteiger partial charge in [-0.25, -0.2) is 0 Å². The van der Waals surface area contributed by atoms with Crippen molar-refractivity contribution >= 4 is 23.6 Å². The van der Waals surface area contributed by atoms with E-state index in [1.54, 1.807) is 11.8 Å². The number of carbonyl (C=O) groups excluding carboxylic acids is 1. The van der Waals surface area contributed by atoms with E-state index in [9.17, 15) is 4.79 Å². The van der Waals surface area contributed by atoms with E-state index in [0.717, 1.165) is 35.3 Å². The highest BCUT2D eigenvalue weighted by atomic mass is 32.2. The van der Waals surface area contributed by atoms with Crippen molar-refractivity contribution in [2.45, 2.75) is 17.7 Å². The Balaban J connectivity index is 2.11. The smallest absolute Gasteiger partial charge is 0.150 e. The van der Waals surface area contributed by atoms with Crippen LogP contribution in [0, 0.1) is 5.92 Å². The molecule has 0 saturated heterocycles. The Kier molecular flexibility index (Phi) is 6.04. The molecule has 0 aromatic heterocycles. The van der Waals surface area contributed by atoms with Gasteiger partial charge in [-0.3, -0.25) is 4.79 Å². The van der Waals surface area contributed by atoms with E-state index in [0.29, 0.717) is 11.5 Å². The van der Waals surface area contributed by atoms with Crippen LogP contribution in [0.4, 0.5) is 0 Å². The van der Waals surface area contributed by atoms with E-state index >= 15 is 0 Å². The molecule has 0 aliphatic heterocycles. The molecule has 3 nitrogen and oxygen atoms in total. The SMILES string of the molecule is CSc1ccc(OCC2CC2)c(/C(=C/N(C)C)c2ccccc2C=O)c1. The van der Waals surface area contributed by atoms with E-state index in [-0.39, 0.29) is 0 Å². The summed E-state index contributed by atoms with van der Waals surface area (Å²) in [5.74, 6) is 1.56. The predicted molar refractivity (Wildman–Crippen MR) is 109 cm³/mol. The highest BCUT2D eigenvalue weighted by Gasteiger charge is 2.23. The average Bonchev–Trinajstić information content (AvgIpc) is 3.48. The van der Waals surface area contributed by atoms with Crippen LogP contribution in [0.5, 0.6) is 5.75 Å².